The van der Waals surface area contributed by atoms with Gasteiger partial charge in [0.1, 0.15) is 5.82 Å². The summed E-state index contributed by atoms with van der Waals surface area (Å²) in [7, 11) is 0. The average Bonchev–Trinajstić information content (AvgIpc) is 3.31. The molecule has 1 amide bonds. The molecule has 0 spiro atoms. The summed E-state index contributed by atoms with van der Waals surface area (Å²) in [6, 6.07) is 14.4. The van der Waals surface area contributed by atoms with Crippen LogP contribution in [0, 0.1) is 6.92 Å². The van der Waals surface area contributed by atoms with Crippen LogP contribution < -0.4 is 9.47 Å². The van der Waals surface area contributed by atoms with E-state index in [1.165, 1.54) is 0 Å². The Kier molecular flexibility index (Phi) is 5.53. The molecular formula is C25H29N3O3. The van der Waals surface area contributed by atoms with Gasteiger partial charge >= 0.3 is 0 Å². The van der Waals surface area contributed by atoms with Crippen molar-refractivity contribution < 1.29 is 14.3 Å². The summed E-state index contributed by atoms with van der Waals surface area (Å²) >= 11 is 0. The maximum atomic E-state index is 13.1. The van der Waals surface area contributed by atoms with Crippen molar-refractivity contribution in [1.82, 2.24) is 14.5 Å². The Labute approximate surface area is 182 Å². The fourth-order valence-corrected chi connectivity index (χ4v) is 4.81. The molecular weight excluding hydrogens is 390 g/mol. The molecule has 0 aliphatic carbocycles. The number of hydrogen-bond acceptors (Lipinski definition) is 4. The largest absolute Gasteiger partial charge is 0.490 e. The first-order valence-electron chi connectivity index (χ1n) is 11.3. The van der Waals surface area contributed by atoms with E-state index in [4.69, 9.17) is 9.47 Å². The van der Waals surface area contributed by atoms with Crippen LogP contribution in [0.2, 0.25) is 0 Å². The number of carbonyl (C=O) groups excluding carboxylic acids is 1. The van der Waals surface area contributed by atoms with E-state index in [2.05, 4.69) is 32.7 Å². The van der Waals surface area contributed by atoms with Crippen LogP contribution in [0.3, 0.4) is 0 Å². The van der Waals surface area contributed by atoms with E-state index in [1.807, 2.05) is 31.2 Å². The van der Waals surface area contributed by atoms with Crippen molar-refractivity contribution in [2.24, 2.45) is 0 Å². The van der Waals surface area contributed by atoms with Gasteiger partial charge in [0.05, 0.1) is 30.3 Å². The van der Waals surface area contributed by atoms with E-state index in [-0.39, 0.29) is 11.9 Å². The molecule has 2 aliphatic heterocycles. The number of fused-ring (bicyclic) bond motifs is 2. The number of aromatic nitrogens is 2. The van der Waals surface area contributed by atoms with Gasteiger partial charge in [-0.25, -0.2) is 4.98 Å². The topological polar surface area (TPSA) is 56.6 Å². The van der Waals surface area contributed by atoms with Crippen molar-refractivity contribution >= 4 is 16.9 Å². The minimum atomic E-state index is 0.125. The predicted molar refractivity (Wildman–Crippen MR) is 119 cm³/mol. The fraction of sp³-hybridized carbons (Fsp3) is 0.440. The summed E-state index contributed by atoms with van der Waals surface area (Å²) in [5, 5.41) is 0. The lowest BCUT2D eigenvalue weighted by Gasteiger charge is -2.26. The van der Waals surface area contributed by atoms with Gasteiger partial charge < -0.3 is 18.9 Å². The molecule has 2 aliphatic rings. The molecule has 1 aromatic heterocycles. The van der Waals surface area contributed by atoms with E-state index in [0.717, 1.165) is 72.7 Å². The summed E-state index contributed by atoms with van der Waals surface area (Å²) in [4.78, 5) is 19.8. The van der Waals surface area contributed by atoms with Crippen molar-refractivity contribution in [3.63, 3.8) is 0 Å². The molecule has 2 aromatic carbocycles. The highest BCUT2D eigenvalue weighted by Gasteiger charge is 2.30. The van der Waals surface area contributed by atoms with Gasteiger partial charge in [0, 0.05) is 25.9 Å². The van der Waals surface area contributed by atoms with Gasteiger partial charge in [0.25, 0.3) is 0 Å². The SMILES string of the molecule is Cc1nc2ccccc2n1CCCC(=O)N1CCC[C@H]1c1ccc2c(c1)OCCCO2. The van der Waals surface area contributed by atoms with E-state index >= 15 is 0 Å². The molecule has 0 bridgehead atoms. The highest BCUT2D eigenvalue weighted by molar-refractivity contribution is 5.77. The summed E-state index contributed by atoms with van der Waals surface area (Å²) in [5.41, 5.74) is 3.30. The van der Waals surface area contributed by atoms with Crippen molar-refractivity contribution in [1.29, 1.82) is 0 Å². The minimum absolute atomic E-state index is 0.125. The van der Waals surface area contributed by atoms with E-state index in [9.17, 15) is 4.79 Å². The third-order valence-corrected chi connectivity index (χ3v) is 6.35. The lowest BCUT2D eigenvalue weighted by Crippen LogP contribution is -2.30. The number of carbonyl (C=O) groups is 1. The molecule has 1 saturated heterocycles. The Bertz CT molecular complexity index is 1090. The van der Waals surface area contributed by atoms with Crippen LogP contribution in [0.25, 0.3) is 11.0 Å². The lowest BCUT2D eigenvalue weighted by atomic mass is 10.0. The van der Waals surface area contributed by atoms with Gasteiger partial charge in [-0.3, -0.25) is 4.79 Å². The number of hydrogen-bond donors (Lipinski definition) is 0. The molecule has 162 valence electrons. The number of nitrogens with zero attached hydrogens (tertiary/aromatic N) is 3. The molecule has 3 aromatic rings. The second-order valence-electron chi connectivity index (χ2n) is 8.40. The maximum absolute atomic E-state index is 13.1. The molecule has 1 atom stereocenters. The van der Waals surface area contributed by atoms with Gasteiger partial charge in [-0.15, -0.1) is 0 Å². The predicted octanol–water partition coefficient (Wildman–Crippen LogP) is 4.65. The molecule has 6 heteroatoms. The van der Waals surface area contributed by atoms with Gasteiger partial charge in [-0.1, -0.05) is 18.2 Å². The van der Waals surface area contributed by atoms with Crippen LogP contribution in [0.15, 0.2) is 42.5 Å². The van der Waals surface area contributed by atoms with Crippen molar-refractivity contribution in [3.05, 3.63) is 53.9 Å². The van der Waals surface area contributed by atoms with Crippen molar-refractivity contribution in [3.8, 4) is 11.5 Å². The Balaban J connectivity index is 1.25. The van der Waals surface area contributed by atoms with Gasteiger partial charge in [-0.2, -0.15) is 0 Å². The lowest BCUT2D eigenvalue weighted by molar-refractivity contribution is -0.132. The van der Waals surface area contributed by atoms with E-state index in [0.29, 0.717) is 19.6 Å². The second kappa shape index (κ2) is 8.61. The monoisotopic (exact) mass is 419 g/mol. The zero-order valence-electron chi connectivity index (χ0n) is 18.0. The first kappa shape index (κ1) is 19.9. The number of imidazole rings is 1. The zero-order valence-corrected chi connectivity index (χ0v) is 18.0. The molecule has 31 heavy (non-hydrogen) atoms. The number of para-hydroxylation sites is 2. The Morgan fingerprint density at radius 1 is 1.10 bits per heavy atom. The third kappa shape index (κ3) is 3.99. The third-order valence-electron chi connectivity index (χ3n) is 6.35. The molecule has 5 rings (SSSR count). The number of amides is 1. The highest BCUT2D eigenvalue weighted by atomic mass is 16.5. The molecule has 0 saturated carbocycles. The molecule has 6 nitrogen and oxygen atoms in total. The van der Waals surface area contributed by atoms with Gasteiger partial charge in [0.15, 0.2) is 11.5 Å². The van der Waals surface area contributed by atoms with Crippen LogP contribution in [-0.2, 0) is 11.3 Å². The van der Waals surface area contributed by atoms with Crippen LogP contribution in [0.5, 0.6) is 11.5 Å². The number of benzene rings is 2. The zero-order chi connectivity index (χ0) is 21.2. The summed E-state index contributed by atoms with van der Waals surface area (Å²) in [6.07, 6.45) is 4.29. The number of aryl methyl sites for hydroxylation is 2. The first-order chi connectivity index (χ1) is 15.2. The van der Waals surface area contributed by atoms with Crippen LogP contribution in [-0.4, -0.2) is 40.1 Å². The first-order valence-corrected chi connectivity index (χ1v) is 11.3. The summed E-state index contributed by atoms with van der Waals surface area (Å²) in [5.74, 6) is 2.84. The van der Waals surface area contributed by atoms with Crippen molar-refractivity contribution in [2.45, 2.75) is 51.6 Å². The maximum Gasteiger partial charge on any atom is 0.223 e. The van der Waals surface area contributed by atoms with E-state index < -0.39 is 0 Å². The Morgan fingerprint density at radius 2 is 1.94 bits per heavy atom. The molecule has 1 fully saturated rings. The molecule has 0 radical (unpaired) electrons. The summed E-state index contributed by atoms with van der Waals surface area (Å²) in [6.45, 7) is 5.02. The average molecular weight is 420 g/mol. The van der Waals surface area contributed by atoms with Crippen LogP contribution in [0.1, 0.15) is 49.5 Å². The Hall–Kier alpha value is -3.02. The Morgan fingerprint density at radius 3 is 2.84 bits per heavy atom. The molecule has 3 heterocycles. The fourth-order valence-electron chi connectivity index (χ4n) is 4.81. The van der Waals surface area contributed by atoms with Crippen LogP contribution in [0.4, 0.5) is 0 Å². The molecule has 0 unspecified atom stereocenters. The van der Waals surface area contributed by atoms with Gasteiger partial charge in [-0.05, 0) is 56.0 Å². The number of ether oxygens (including phenoxy) is 2. The van der Waals surface area contributed by atoms with Crippen LogP contribution >= 0.6 is 0 Å². The smallest absolute Gasteiger partial charge is 0.223 e. The molecule has 0 N–H and O–H groups in total. The minimum Gasteiger partial charge on any atom is -0.490 e. The number of rotatable bonds is 5. The van der Waals surface area contributed by atoms with E-state index in [1.54, 1.807) is 0 Å². The number of likely N-dealkylation sites (tertiary alicyclic amines) is 1. The van der Waals surface area contributed by atoms with Crippen molar-refractivity contribution in [2.75, 3.05) is 19.8 Å². The highest BCUT2D eigenvalue weighted by Crippen LogP contribution is 2.38. The van der Waals surface area contributed by atoms with Gasteiger partial charge in [0.2, 0.25) is 5.91 Å². The quantitative estimate of drug-likeness (QED) is 0.604. The summed E-state index contributed by atoms with van der Waals surface area (Å²) < 4.78 is 13.8. The standard InChI is InChI=1S/C25H29N3O3/c1-18-26-20-7-2-3-8-22(20)27(18)13-5-10-25(29)28-14-4-9-21(28)19-11-12-23-24(17-19)31-16-6-15-30-23/h2-3,7-8,11-12,17,21H,4-6,9-10,13-16H2,1H3/t21-/m0/s1. The second-order valence-corrected chi connectivity index (χ2v) is 8.40. The normalized spacial score (nSPS) is 18.4.